The number of esters is 1. The van der Waals surface area contributed by atoms with Crippen LogP contribution in [0.4, 0.5) is 4.79 Å². The van der Waals surface area contributed by atoms with E-state index in [0.717, 1.165) is 11.1 Å². The number of rotatable bonds is 5. The fourth-order valence-electron chi connectivity index (χ4n) is 2.99. The quantitative estimate of drug-likeness (QED) is 0.765. The van der Waals surface area contributed by atoms with Crippen LogP contribution in [0.3, 0.4) is 0 Å². The minimum absolute atomic E-state index is 0.0854. The molecule has 0 spiro atoms. The van der Waals surface area contributed by atoms with Gasteiger partial charge in [0, 0.05) is 5.56 Å². The highest BCUT2D eigenvalue weighted by Crippen LogP contribution is 2.22. The normalized spacial score (nSPS) is 16.7. The number of hydrogen-bond acceptors (Lipinski definition) is 6. The number of amides is 2. The summed E-state index contributed by atoms with van der Waals surface area (Å²) in [5, 5.41) is 9.07. The predicted octanol–water partition coefficient (Wildman–Crippen LogP) is 1.33. The molecule has 1 aromatic carbocycles. The lowest BCUT2D eigenvalue weighted by molar-refractivity contribution is -0.139. The molecule has 142 valence electrons. The largest absolute Gasteiger partial charge is 0.463 e. The topological polar surface area (TPSA) is 115 Å². The van der Waals surface area contributed by atoms with Crippen LogP contribution in [0.5, 0.6) is 0 Å². The number of urea groups is 1. The van der Waals surface area contributed by atoms with Gasteiger partial charge in [0.1, 0.15) is 0 Å². The summed E-state index contributed by atoms with van der Waals surface area (Å²) >= 11 is 0. The molecule has 1 aliphatic rings. The van der Waals surface area contributed by atoms with Crippen LogP contribution in [0.2, 0.25) is 0 Å². The molecule has 27 heavy (non-hydrogen) atoms. The first-order valence-corrected chi connectivity index (χ1v) is 8.52. The Morgan fingerprint density at radius 2 is 2.07 bits per heavy atom. The van der Waals surface area contributed by atoms with Gasteiger partial charge in [-0.1, -0.05) is 29.4 Å². The Balaban J connectivity index is 2.07. The molecule has 1 aromatic heterocycles. The lowest BCUT2D eigenvalue weighted by Gasteiger charge is -2.26. The predicted molar refractivity (Wildman–Crippen MR) is 95.7 cm³/mol. The van der Waals surface area contributed by atoms with E-state index in [4.69, 9.17) is 9.26 Å². The molecule has 2 heterocycles. The zero-order valence-electron chi connectivity index (χ0n) is 15.2. The maximum atomic E-state index is 12.4. The highest BCUT2D eigenvalue weighted by molar-refractivity contribution is 5.94. The van der Waals surface area contributed by atoms with Crippen molar-refractivity contribution in [3.63, 3.8) is 0 Å². The number of nitrogens with one attached hydrogen (secondary N) is 2. The van der Waals surface area contributed by atoms with Crippen LogP contribution in [-0.2, 0) is 16.1 Å². The van der Waals surface area contributed by atoms with Gasteiger partial charge in [-0.15, -0.1) is 0 Å². The number of carbonyl (C=O) groups excluding carboxylic acids is 2. The zero-order chi connectivity index (χ0) is 19.6. The van der Waals surface area contributed by atoms with Crippen molar-refractivity contribution in [1.29, 1.82) is 0 Å². The number of aromatic nitrogens is 2. The zero-order valence-corrected chi connectivity index (χ0v) is 15.2. The van der Waals surface area contributed by atoms with Crippen molar-refractivity contribution in [3.05, 3.63) is 51.6 Å². The van der Waals surface area contributed by atoms with Crippen LogP contribution in [-0.4, -0.2) is 34.4 Å². The van der Waals surface area contributed by atoms with Crippen molar-refractivity contribution in [1.82, 2.24) is 20.4 Å². The second-order valence-corrected chi connectivity index (χ2v) is 6.11. The van der Waals surface area contributed by atoms with E-state index in [1.165, 1.54) is 4.57 Å². The summed E-state index contributed by atoms with van der Waals surface area (Å²) in [5.41, 5.74) is 2.14. The number of nitrogens with zero attached hydrogens (tertiary/aromatic N) is 2. The third-order valence-corrected chi connectivity index (χ3v) is 4.25. The van der Waals surface area contributed by atoms with Crippen molar-refractivity contribution in [2.24, 2.45) is 0 Å². The number of benzene rings is 1. The summed E-state index contributed by atoms with van der Waals surface area (Å²) in [4.78, 5) is 36.5. The minimum Gasteiger partial charge on any atom is -0.463 e. The number of aryl methyl sites for hydroxylation is 1. The molecule has 0 aliphatic carbocycles. The van der Waals surface area contributed by atoms with Crippen LogP contribution in [0.1, 0.15) is 19.4 Å². The van der Waals surface area contributed by atoms with E-state index in [1.807, 2.05) is 31.2 Å². The van der Waals surface area contributed by atoms with Crippen LogP contribution >= 0.6 is 0 Å². The Morgan fingerprint density at radius 3 is 2.78 bits per heavy atom. The van der Waals surface area contributed by atoms with Crippen molar-refractivity contribution in [3.8, 4) is 11.4 Å². The van der Waals surface area contributed by atoms with Gasteiger partial charge in [-0.05, 0) is 26.3 Å². The summed E-state index contributed by atoms with van der Waals surface area (Å²) in [6, 6.07) is 6.36. The van der Waals surface area contributed by atoms with Gasteiger partial charge in [0.2, 0.25) is 0 Å². The number of hydrogen-bond donors (Lipinski definition) is 2. The first kappa shape index (κ1) is 18.4. The summed E-state index contributed by atoms with van der Waals surface area (Å²) in [6.07, 6.45) is 0. The van der Waals surface area contributed by atoms with Gasteiger partial charge in [0.15, 0.2) is 5.82 Å². The van der Waals surface area contributed by atoms with E-state index < -0.39 is 23.8 Å². The molecule has 1 aliphatic heterocycles. The average molecular weight is 372 g/mol. The molecule has 1 atom stereocenters. The SMILES string of the molecule is CCOC(=O)C1=C(Cn2c(-c3ccccc3C)noc2=O)NC(=O)NC1C. The summed E-state index contributed by atoms with van der Waals surface area (Å²) in [6.45, 7) is 5.36. The van der Waals surface area contributed by atoms with Crippen LogP contribution < -0.4 is 16.4 Å². The molecule has 2 amide bonds. The smallest absolute Gasteiger partial charge is 0.442 e. The monoisotopic (exact) mass is 372 g/mol. The van der Waals surface area contributed by atoms with E-state index in [0.29, 0.717) is 5.82 Å². The first-order valence-electron chi connectivity index (χ1n) is 8.52. The summed E-state index contributed by atoms with van der Waals surface area (Å²) in [7, 11) is 0. The first-order chi connectivity index (χ1) is 12.9. The third-order valence-electron chi connectivity index (χ3n) is 4.25. The van der Waals surface area contributed by atoms with Crippen LogP contribution in [0.25, 0.3) is 11.4 Å². The maximum Gasteiger partial charge on any atom is 0.442 e. The van der Waals surface area contributed by atoms with E-state index in [-0.39, 0.29) is 24.4 Å². The van der Waals surface area contributed by atoms with Crippen LogP contribution in [0, 0.1) is 6.92 Å². The Kier molecular flexibility index (Phi) is 5.11. The molecule has 0 bridgehead atoms. The Bertz CT molecular complexity index is 972. The Hall–Kier alpha value is -3.36. The molecule has 0 saturated heterocycles. The third kappa shape index (κ3) is 3.62. The second-order valence-electron chi connectivity index (χ2n) is 6.11. The van der Waals surface area contributed by atoms with Gasteiger partial charge >= 0.3 is 17.8 Å². The van der Waals surface area contributed by atoms with Gasteiger partial charge in [-0.2, -0.15) is 0 Å². The standard InChI is InChI=1S/C18H20N4O5/c1-4-26-16(23)14-11(3)19-17(24)20-13(14)9-22-15(21-27-18(22)25)12-8-6-5-7-10(12)2/h5-8,11H,4,9H2,1-3H3,(H2,19,20,24). The minimum atomic E-state index is -0.690. The Morgan fingerprint density at radius 1 is 1.33 bits per heavy atom. The molecule has 0 fully saturated rings. The van der Waals surface area contributed by atoms with Crippen LogP contribution in [0.15, 0.2) is 44.9 Å². The molecule has 2 aromatic rings. The van der Waals surface area contributed by atoms with Gasteiger partial charge in [0.05, 0.1) is 30.5 Å². The van der Waals surface area contributed by atoms with Crippen molar-refractivity contribution in [2.45, 2.75) is 33.4 Å². The summed E-state index contributed by atoms with van der Waals surface area (Å²) < 4.78 is 11.2. The Labute approximate surface area is 155 Å². The van der Waals surface area contributed by atoms with Gasteiger partial charge in [-0.25, -0.2) is 14.4 Å². The molecule has 0 saturated carbocycles. The molecule has 1 unspecified atom stereocenters. The number of ether oxygens (including phenoxy) is 1. The second kappa shape index (κ2) is 7.48. The molecular weight excluding hydrogens is 352 g/mol. The molecule has 9 nitrogen and oxygen atoms in total. The fraction of sp³-hybridized carbons (Fsp3) is 0.333. The maximum absolute atomic E-state index is 12.4. The molecular formula is C18H20N4O5. The molecule has 3 rings (SSSR count). The number of carbonyl (C=O) groups is 2. The fourth-order valence-corrected chi connectivity index (χ4v) is 2.99. The highest BCUT2D eigenvalue weighted by atomic mass is 16.5. The van der Waals surface area contributed by atoms with Gasteiger partial charge in [-0.3, -0.25) is 9.09 Å². The van der Waals surface area contributed by atoms with E-state index in [9.17, 15) is 14.4 Å². The van der Waals surface area contributed by atoms with Crippen molar-refractivity contribution >= 4 is 12.0 Å². The average Bonchev–Trinajstić information content (AvgIpc) is 2.95. The van der Waals surface area contributed by atoms with E-state index >= 15 is 0 Å². The van der Waals surface area contributed by atoms with Gasteiger partial charge in [0.25, 0.3) is 0 Å². The van der Waals surface area contributed by atoms with Crippen molar-refractivity contribution in [2.75, 3.05) is 6.61 Å². The molecule has 9 heteroatoms. The number of allylic oxidation sites excluding steroid dienone is 1. The van der Waals surface area contributed by atoms with E-state index in [2.05, 4.69) is 15.8 Å². The molecule has 2 N–H and O–H groups in total. The lowest BCUT2D eigenvalue weighted by Crippen LogP contribution is -2.50. The lowest BCUT2D eigenvalue weighted by atomic mass is 10.0. The highest BCUT2D eigenvalue weighted by Gasteiger charge is 2.31. The molecule has 0 radical (unpaired) electrons. The van der Waals surface area contributed by atoms with Crippen molar-refractivity contribution < 1.29 is 18.8 Å². The van der Waals surface area contributed by atoms with Gasteiger partial charge < -0.3 is 15.4 Å². The summed E-state index contributed by atoms with van der Waals surface area (Å²) in [5.74, 6) is -0.937. The van der Waals surface area contributed by atoms with E-state index in [1.54, 1.807) is 13.8 Å².